The molecule has 2 N–H and O–H groups in total. The Morgan fingerprint density at radius 1 is 0.800 bits per heavy atom. The highest BCUT2D eigenvalue weighted by molar-refractivity contribution is 7.92. The molecule has 0 atom stereocenters. The highest BCUT2D eigenvalue weighted by Gasteiger charge is 2.14. The number of nitrogens with one attached hydrogen (secondary N) is 2. The van der Waals surface area contributed by atoms with Crippen molar-refractivity contribution in [3.8, 4) is 0 Å². The highest BCUT2D eigenvalue weighted by Crippen LogP contribution is 2.18. The van der Waals surface area contributed by atoms with Gasteiger partial charge < -0.3 is 5.32 Å². The number of hydrogen-bond donors (Lipinski definition) is 2. The van der Waals surface area contributed by atoms with Crippen molar-refractivity contribution >= 4 is 27.3 Å². The zero-order valence-corrected chi connectivity index (χ0v) is 18.0. The molecule has 1 amide bonds. The van der Waals surface area contributed by atoms with E-state index in [1.165, 1.54) is 5.56 Å². The van der Waals surface area contributed by atoms with Crippen molar-refractivity contribution in [3.05, 3.63) is 89.5 Å². The second-order valence-electron chi connectivity index (χ2n) is 7.21. The maximum atomic E-state index is 12.5. The number of benzene rings is 3. The van der Waals surface area contributed by atoms with Crippen LogP contribution in [-0.2, 0) is 27.7 Å². The van der Waals surface area contributed by atoms with Gasteiger partial charge in [-0.05, 0) is 67.3 Å². The topological polar surface area (TPSA) is 75.3 Å². The first-order valence-electron chi connectivity index (χ1n) is 9.93. The van der Waals surface area contributed by atoms with Gasteiger partial charge >= 0.3 is 0 Å². The first-order chi connectivity index (χ1) is 14.4. The van der Waals surface area contributed by atoms with E-state index in [2.05, 4.69) is 17.0 Å². The van der Waals surface area contributed by atoms with Crippen molar-refractivity contribution in [2.24, 2.45) is 0 Å². The van der Waals surface area contributed by atoms with Gasteiger partial charge in [0.1, 0.15) is 0 Å². The van der Waals surface area contributed by atoms with E-state index in [9.17, 15) is 13.2 Å². The largest absolute Gasteiger partial charge is 0.326 e. The first kappa shape index (κ1) is 21.6. The van der Waals surface area contributed by atoms with Crippen molar-refractivity contribution in [2.45, 2.75) is 38.0 Å². The van der Waals surface area contributed by atoms with Crippen molar-refractivity contribution in [1.82, 2.24) is 0 Å². The van der Waals surface area contributed by atoms with Crippen LogP contribution in [0.1, 0.15) is 30.0 Å². The first-order valence-corrected chi connectivity index (χ1v) is 11.4. The van der Waals surface area contributed by atoms with Gasteiger partial charge in [-0.15, -0.1) is 0 Å². The Labute approximate surface area is 178 Å². The fourth-order valence-corrected chi connectivity index (χ4v) is 4.03. The van der Waals surface area contributed by atoms with Crippen LogP contribution in [0.25, 0.3) is 0 Å². The maximum Gasteiger partial charge on any atom is 0.261 e. The molecule has 6 heteroatoms. The summed E-state index contributed by atoms with van der Waals surface area (Å²) in [6, 6.07) is 21.6. The summed E-state index contributed by atoms with van der Waals surface area (Å²) in [7, 11) is -3.65. The Morgan fingerprint density at radius 2 is 1.37 bits per heavy atom. The van der Waals surface area contributed by atoms with E-state index < -0.39 is 10.0 Å². The molecule has 0 spiro atoms. The van der Waals surface area contributed by atoms with Gasteiger partial charge in [-0.3, -0.25) is 9.52 Å². The second kappa shape index (κ2) is 9.59. The smallest absolute Gasteiger partial charge is 0.261 e. The molecule has 0 saturated heterocycles. The number of carbonyl (C=O) groups is 1. The molecule has 0 aliphatic carbocycles. The molecule has 30 heavy (non-hydrogen) atoms. The van der Waals surface area contributed by atoms with Crippen LogP contribution in [0.2, 0.25) is 0 Å². The summed E-state index contributed by atoms with van der Waals surface area (Å²) in [6.45, 7) is 4.03. The van der Waals surface area contributed by atoms with Gasteiger partial charge in [0, 0.05) is 17.8 Å². The van der Waals surface area contributed by atoms with Crippen LogP contribution in [-0.4, -0.2) is 14.3 Å². The molecule has 156 valence electrons. The quantitative estimate of drug-likeness (QED) is 0.540. The Bertz CT molecular complexity index is 1090. The number of hydrogen-bond acceptors (Lipinski definition) is 3. The van der Waals surface area contributed by atoms with Gasteiger partial charge in [-0.25, -0.2) is 8.42 Å². The minimum Gasteiger partial charge on any atom is -0.326 e. The van der Waals surface area contributed by atoms with Gasteiger partial charge in [0.05, 0.1) is 4.90 Å². The molecule has 3 rings (SSSR count). The molecule has 0 aromatic heterocycles. The summed E-state index contributed by atoms with van der Waals surface area (Å²) < 4.78 is 27.7. The maximum absolute atomic E-state index is 12.5. The number of carbonyl (C=O) groups excluding carboxylic acids is 1. The summed E-state index contributed by atoms with van der Waals surface area (Å²) in [5.41, 5.74) is 4.49. The van der Waals surface area contributed by atoms with Crippen LogP contribution in [0.15, 0.2) is 77.7 Å². The lowest BCUT2D eigenvalue weighted by Crippen LogP contribution is -2.13. The van der Waals surface area contributed by atoms with Gasteiger partial charge in [-0.1, -0.05) is 48.9 Å². The number of sulfonamides is 1. The van der Waals surface area contributed by atoms with Crippen LogP contribution in [0.5, 0.6) is 0 Å². The van der Waals surface area contributed by atoms with Crippen molar-refractivity contribution in [2.75, 3.05) is 10.0 Å². The van der Waals surface area contributed by atoms with E-state index in [1.807, 2.05) is 43.3 Å². The number of amides is 1. The Kier molecular flexibility index (Phi) is 6.90. The monoisotopic (exact) mass is 422 g/mol. The normalized spacial score (nSPS) is 11.1. The highest BCUT2D eigenvalue weighted by atomic mass is 32.2. The standard InChI is InChI=1S/C24H26N2O3S/c1-3-19-6-13-21(14-7-19)25-24(27)17-10-20-8-15-23(16-9-20)30(28,29)26-22-11-4-18(2)5-12-22/h4-9,11-16,26H,3,10,17H2,1-2H3,(H,25,27). The molecular weight excluding hydrogens is 396 g/mol. The third-order valence-electron chi connectivity index (χ3n) is 4.82. The van der Waals surface area contributed by atoms with E-state index in [-0.39, 0.29) is 10.8 Å². The van der Waals surface area contributed by atoms with Crippen molar-refractivity contribution in [1.29, 1.82) is 0 Å². The molecule has 3 aromatic rings. The average Bonchev–Trinajstić information content (AvgIpc) is 2.74. The molecule has 0 unspecified atom stereocenters. The predicted molar refractivity (Wildman–Crippen MR) is 121 cm³/mol. The van der Waals surface area contributed by atoms with Gasteiger partial charge in [0.2, 0.25) is 5.91 Å². The molecule has 0 heterocycles. The lowest BCUT2D eigenvalue weighted by molar-refractivity contribution is -0.116. The molecule has 0 bridgehead atoms. The summed E-state index contributed by atoms with van der Waals surface area (Å²) >= 11 is 0. The molecule has 0 radical (unpaired) electrons. The predicted octanol–water partition coefficient (Wildman–Crippen LogP) is 4.93. The minimum absolute atomic E-state index is 0.0722. The molecule has 0 aliphatic heterocycles. The van der Waals surface area contributed by atoms with Gasteiger partial charge in [0.25, 0.3) is 10.0 Å². The zero-order valence-electron chi connectivity index (χ0n) is 17.2. The second-order valence-corrected chi connectivity index (χ2v) is 8.90. The van der Waals surface area contributed by atoms with E-state index in [0.29, 0.717) is 18.5 Å². The third-order valence-corrected chi connectivity index (χ3v) is 6.22. The van der Waals surface area contributed by atoms with E-state index >= 15 is 0 Å². The molecule has 3 aromatic carbocycles. The molecular formula is C24H26N2O3S. The average molecular weight is 423 g/mol. The van der Waals surface area contributed by atoms with Crippen LogP contribution in [0.4, 0.5) is 11.4 Å². The van der Waals surface area contributed by atoms with Gasteiger partial charge in [0.15, 0.2) is 0 Å². The Hall–Kier alpha value is -3.12. The van der Waals surface area contributed by atoms with E-state index in [1.54, 1.807) is 36.4 Å². The summed E-state index contributed by atoms with van der Waals surface area (Å²) in [6.07, 6.45) is 1.81. The van der Waals surface area contributed by atoms with Crippen molar-refractivity contribution in [3.63, 3.8) is 0 Å². The summed E-state index contributed by atoms with van der Waals surface area (Å²) in [5, 5.41) is 2.89. The van der Waals surface area contributed by atoms with Crippen molar-refractivity contribution < 1.29 is 13.2 Å². The number of aryl methyl sites for hydroxylation is 3. The fraction of sp³-hybridized carbons (Fsp3) is 0.208. The lowest BCUT2D eigenvalue weighted by atomic mass is 10.1. The van der Waals surface area contributed by atoms with Gasteiger partial charge in [-0.2, -0.15) is 0 Å². The lowest BCUT2D eigenvalue weighted by Gasteiger charge is -2.09. The van der Waals surface area contributed by atoms with Crippen LogP contribution < -0.4 is 10.0 Å². The third kappa shape index (κ3) is 5.94. The Morgan fingerprint density at radius 3 is 1.97 bits per heavy atom. The minimum atomic E-state index is -3.65. The van der Waals surface area contributed by atoms with Crippen LogP contribution in [0, 0.1) is 6.92 Å². The molecule has 0 aliphatic rings. The summed E-state index contributed by atoms with van der Waals surface area (Å²) in [5.74, 6) is -0.0722. The number of rotatable bonds is 8. The molecule has 0 fully saturated rings. The molecule has 0 saturated carbocycles. The zero-order chi connectivity index (χ0) is 21.6. The van der Waals surface area contributed by atoms with Crippen LogP contribution >= 0.6 is 0 Å². The SMILES string of the molecule is CCc1ccc(NC(=O)CCc2ccc(S(=O)(=O)Nc3ccc(C)cc3)cc2)cc1. The van der Waals surface area contributed by atoms with E-state index in [0.717, 1.165) is 23.2 Å². The fourth-order valence-electron chi connectivity index (χ4n) is 2.98. The summed E-state index contributed by atoms with van der Waals surface area (Å²) in [4.78, 5) is 12.4. The van der Waals surface area contributed by atoms with E-state index in [4.69, 9.17) is 0 Å². The van der Waals surface area contributed by atoms with Crippen LogP contribution in [0.3, 0.4) is 0 Å². The number of anilines is 2. The Balaban J connectivity index is 1.55. The molecule has 5 nitrogen and oxygen atoms in total.